The zero-order valence-corrected chi connectivity index (χ0v) is 12.9. The quantitative estimate of drug-likeness (QED) is 0.874. The maximum atomic E-state index is 12.5. The van der Waals surface area contributed by atoms with Crippen LogP contribution in [-0.4, -0.2) is 17.5 Å². The standard InChI is InChI=1S/C18H26N2O/c1-13(17(21)20-15-7-3-4-8-15)16-9-5-2-6-14(16)12-18(19)10-11-18/h2,5-6,9,13,15H,3-4,7-8,10-12,19H2,1H3,(H,20,21). The predicted octanol–water partition coefficient (Wildman–Crippen LogP) is 2.88. The number of amides is 1. The van der Waals surface area contributed by atoms with E-state index in [0.29, 0.717) is 6.04 Å². The Labute approximate surface area is 127 Å². The van der Waals surface area contributed by atoms with Crippen molar-refractivity contribution in [2.24, 2.45) is 5.73 Å². The van der Waals surface area contributed by atoms with Crippen molar-refractivity contribution in [1.29, 1.82) is 0 Å². The summed E-state index contributed by atoms with van der Waals surface area (Å²) >= 11 is 0. The van der Waals surface area contributed by atoms with Crippen LogP contribution in [0.5, 0.6) is 0 Å². The van der Waals surface area contributed by atoms with E-state index in [1.54, 1.807) is 0 Å². The summed E-state index contributed by atoms with van der Waals surface area (Å²) in [6.45, 7) is 2.01. The largest absolute Gasteiger partial charge is 0.353 e. The van der Waals surface area contributed by atoms with Gasteiger partial charge in [-0.3, -0.25) is 4.79 Å². The smallest absolute Gasteiger partial charge is 0.227 e. The average Bonchev–Trinajstić information content (AvgIpc) is 2.99. The van der Waals surface area contributed by atoms with Crippen LogP contribution in [0.1, 0.15) is 62.5 Å². The van der Waals surface area contributed by atoms with Gasteiger partial charge in [0.25, 0.3) is 0 Å². The van der Waals surface area contributed by atoms with Crippen LogP contribution in [0.25, 0.3) is 0 Å². The van der Waals surface area contributed by atoms with Crippen LogP contribution in [0.3, 0.4) is 0 Å². The molecule has 0 aliphatic heterocycles. The lowest BCUT2D eigenvalue weighted by Gasteiger charge is -2.20. The Bertz CT molecular complexity index is 516. The molecule has 1 amide bonds. The van der Waals surface area contributed by atoms with E-state index in [1.165, 1.54) is 18.4 Å². The summed E-state index contributed by atoms with van der Waals surface area (Å²) < 4.78 is 0. The summed E-state index contributed by atoms with van der Waals surface area (Å²) in [7, 11) is 0. The molecule has 2 aliphatic rings. The van der Waals surface area contributed by atoms with Crippen LogP contribution in [0.15, 0.2) is 24.3 Å². The second-order valence-electron chi connectivity index (χ2n) is 6.95. The zero-order valence-electron chi connectivity index (χ0n) is 12.9. The first kappa shape index (κ1) is 14.6. The molecule has 2 fully saturated rings. The molecule has 3 N–H and O–H groups in total. The van der Waals surface area contributed by atoms with E-state index >= 15 is 0 Å². The minimum absolute atomic E-state index is 0.0161. The van der Waals surface area contributed by atoms with E-state index in [9.17, 15) is 4.79 Å². The molecule has 3 rings (SSSR count). The molecule has 21 heavy (non-hydrogen) atoms. The fourth-order valence-electron chi connectivity index (χ4n) is 3.37. The monoisotopic (exact) mass is 286 g/mol. The fourth-order valence-corrected chi connectivity index (χ4v) is 3.37. The molecule has 1 unspecified atom stereocenters. The van der Waals surface area contributed by atoms with E-state index in [0.717, 1.165) is 37.7 Å². The van der Waals surface area contributed by atoms with Gasteiger partial charge in [-0.15, -0.1) is 0 Å². The Morgan fingerprint density at radius 3 is 2.67 bits per heavy atom. The predicted molar refractivity (Wildman–Crippen MR) is 85.1 cm³/mol. The van der Waals surface area contributed by atoms with Crippen molar-refractivity contribution in [3.05, 3.63) is 35.4 Å². The van der Waals surface area contributed by atoms with Gasteiger partial charge in [0.1, 0.15) is 0 Å². The fraction of sp³-hybridized carbons (Fsp3) is 0.611. The molecule has 3 nitrogen and oxygen atoms in total. The van der Waals surface area contributed by atoms with Crippen molar-refractivity contribution in [1.82, 2.24) is 5.32 Å². The summed E-state index contributed by atoms with van der Waals surface area (Å²) in [6, 6.07) is 8.67. The Hall–Kier alpha value is -1.35. The Kier molecular flexibility index (Phi) is 4.03. The van der Waals surface area contributed by atoms with Gasteiger partial charge >= 0.3 is 0 Å². The molecular weight excluding hydrogens is 260 g/mol. The van der Waals surface area contributed by atoms with Crippen LogP contribution in [-0.2, 0) is 11.2 Å². The summed E-state index contributed by atoms with van der Waals surface area (Å²) in [4.78, 5) is 12.5. The van der Waals surface area contributed by atoms with Crippen molar-refractivity contribution < 1.29 is 4.79 Å². The van der Waals surface area contributed by atoms with Gasteiger partial charge in [0.15, 0.2) is 0 Å². The first-order chi connectivity index (χ1) is 10.1. The van der Waals surface area contributed by atoms with Gasteiger partial charge < -0.3 is 11.1 Å². The lowest BCUT2D eigenvalue weighted by molar-refractivity contribution is -0.122. The van der Waals surface area contributed by atoms with Crippen molar-refractivity contribution in [3.63, 3.8) is 0 Å². The molecule has 1 atom stereocenters. The molecule has 0 radical (unpaired) electrons. The molecule has 0 heterocycles. The van der Waals surface area contributed by atoms with Crippen LogP contribution < -0.4 is 11.1 Å². The van der Waals surface area contributed by atoms with E-state index < -0.39 is 0 Å². The van der Waals surface area contributed by atoms with E-state index in [-0.39, 0.29) is 17.4 Å². The first-order valence-electron chi connectivity index (χ1n) is 8.24. The van der Waals surface area contributed by atoms with Gasteiger partial charge in [0, 0.05) is 11.6 Å². The number of carbonyl (C=O) groups excluding carboxylic acids is 1. The number of hydrogen-bond donors (Lipinski definition) is 2. The maximum Gasteiger partial charge on any atom is 0.227 e. The van der Waals surface area contributed by atoms with E-state index in [4.69, 9.17) is 5.73 Å². The highest BCUT2D eigenvalue weighted by Gasteiger charge is 2.38. The summed E-state index contributed by atoms with van der Waals surface area (Å²) in [5.74, 6) is 0.0698. The molecule has 1 aromatic carbocycles. The van der Waals surface area contributed by atoms with Crippen molar-refractivity contribution in [2.45, 2.75) is 69.4 Å². The molecule has 114 valence electrons. The molecule has 3 heteroatoms. The minimum atomic E-state index is -0.0934. The third-order valence-corrected chi connectivity index (χ3v) is 5.05. The number of hydrogen-bond acceptors (Lipinski definition) is 2. The van der Waals surface area contributed by atoms with Gasteiger partial charge in [0.2, 0.25) is 5.91 Å². The van der Waals surface area contributed by atoms with Crippen molar-refractivity contribution >= 4 is 5.91 Å². The van der Waals surface area contributed by atoms with E-state index in [1.807, 2.05) is 19.1 Å². The number of benzene rings is 1. The zero-order chi connectivity index (χ0) is 14.9. The molecule has 0 spiro atoms. The van der Waals surface area contributed by atoms with E-state index in [2.05, 4.69) is 17.4 Å². The number of carbonyl (C=O) groups is 1. The summed E-state index contributed by atoms with van der Waals surface area (Å²) in [5.41, 5.74) is 8.62. The molecule has 0 aromatic heterocycles. The lowest BCUT2D eigenvalue weighted by atomic mass is 9.91. The van der Waals surface area contributed by atoms with Crippen molar-refractivity contribution in [2.75, 3.05) is 0 Å². The molecular formula is C18H26N2O. The molecule has 1 aromatic rings. The SMILES string of the molecule is CC(C(=O)NC1CCCC1)c1ccccc1CC1(N)CC1. The van der Waals surface area contributed by atoms with Gasteiger partial charge in [-0.05, 0) is 50.2 Å². The second kappa shape index (κ2) is 5.80. The highest BCUT2D eigenvalue weighted by Crippen LogP contribution is 2.37. The third kappa shape index (κ3) is 3.46. The number of nitrogens with two attached hydrogens (primary N) is 1. The van der Waals surface area contributed by atoms with Gasteiger partial charge in [0.05, 0.1) is 5.92 Å². The Morgan fingerprint density at radius 1 is 1.33 bits per heavy atom. The van der Waals surface area contributed by atoms with Crippen LogP contribution in [0.4, 0.5) is 0 Å². The normalized spacial score (nSPS) is 22.0. The molecule has 0 saturated heterocycles. The number of nitrogens with one attached hydrogen (secondary N) is 1. The Balaban J connectivity index is 1.70. The summed E-state index contributed by atoms with van der Waals surface area (Å²) in [5, 5.41) is 3.21. The van der Waals surface area contributed by atoms with Gasteiger partial charge in [-0.2, -0.15) is 0 Å². The average molecular weight is 286 g/mol. The van der Waals surface area contributed by atoms with Crippen LogP contribution >= 0.6 is 0 Å². The summed E-state index contributed by atoms with van der Waals surface area (Å²) in [6.07, 6.45) is 7.84. The van der Waals surface area contributed by atoms with Crippen LogP contribution in [0, 0.1) is 0 Å². The molecule has 2 aliphatic carbocycles. The molecule has 0 bridgehead atoms. The topological polar surface area (TPSA) is 55.1 Å². The highest BCUT2D eigenvalue weighted by molar-refractivity contribution is 5.83. The third-order valence-electron chi connectivity index (χ3n) is 5.05. The maximum absolute atomic E-state index is 12.5. The lowest BCUT2D eigenvalue weighted by Crippen LogP contribution is -2.36. The molecule has 2 saturated carbocycles. The second-order valence-corrected chi connectivity index (χ2v) is 6.95. The highest BCUT2D eigenvalue weighted by atomic mass is 16.1. The van der Waals surface area contributed by atoms with Gasteiger partial charge in [-0.1, -0.05) is 37.1 Å². The minimum Gasteiger partial charge on any atom is -0.353 e. The van der Waals surface area contributed by atoms with Crippen molar-refractivity contribution in [3.8, 4) is 0 Å². The van der Waals surface area contributed by atoms with Crippen LogP contribution in [0.2, 0.25) is 0 Å². The Morgan fingerprint density at radius 2 is 2.00 bits per heavy atom. The first-order valence-corrected chi connectivity index (χ1v) is 8.24. The number of rotatable bonds is 5. The van der Waals surface area contributed by atoms with Gasteiger partial charge in [-0.25, -0.2) is 0 Å².